The fourth-order valence-corrected chi connectivity index (χ4v) is 3.25. The molecule has 0 aromatic heterocycles. The molecule has 0 saturated carbocycles. The Balaban J connectivity index is 1.69. The molecule has 1 saturated heterocycles. The summed E-state index contributed by atoms with van der Waals surface area (Å²) >= 11 is 0. The number of carbonyl (C=O) groups excluding carboxylic acids is 1. The van der Waals surface area contributed by atoms with Crippen LogP contribution in [-0.2, 0) is 6.42 Å². The average molecular weight is 274 g/mol. The van der Waals surface area contributed by atoms with Crippen molar-refractivity contribution < 1.29 is 9.90 Å². The van der Waals surface area contributed by atoms with E-state index in [1.807, 2.05) is 29.2 Å². The zero-order chi connectivity index (χ0) is 13.9. The topological polar surface area (TPSA) is 52.6 Å². The molecule has 2 N–H and O–H groups in total. The van der Waals surface area contributed by atoms with E-state index < -0.39 is 6.10 Å². The van der Waals surface area contributed by atoms with Gasteiger partial charge < -0.3 is 15.3 Å². The minimum absolute atomic E-state index is 0.0346. The Morgan fingerprint density at radius 1 is 1.15 bits per heavy atom. The maximum absolute atomic E-state index is 12.4. The Morgan fingerprint density at radius 3 is 2.60 bits per heavy atom. The lowest BCUT2D eigenvalue weighted by molar-refractivity contribution is 0.134. The fraction of sp³-hybridized carbons (Fsp3) is 0.562. The highest BCUT2D eigenvalue weighted by Gasteiger charge is 2.32. The maximum Gasteiger partial charge on any atom is 0.317 e. The van der Waals surface area contributed by atoms with E-state index in [1.54, 1.807) is 0 Å². The van der Waals surface area contributed by atoms with Crippen LogP contribution >= 0.6 is 0 Å². The fourth-order valence-electron chi connectivity index (χ4n) is 3.25. The van der Waals surface area contributed by atoms with Gasteiger partial charge in [0, 0.05) is 19.5 Å². The van der Waals surface area contributed by atoms with Crippen molar-refractivity contribution >= 4 is 6.03 Å². The van der Waals surface area contributed by atoms with Crippen LogP contribution in [0.5, 0.6) is 0 Å². The second kappa shape index (κ2) is 5.83. The largest absolute Gasteiger partial charge is 0.390 e. The zero-order valence-corrected chi connectivity index (χ0v) is 11.7. The number of fused-ring (bicyclic) bond motifs is 1. The number of amides is 2. The first-order valence-corrected chi connectivity index (χ1v) is 7.57. The molecular weight excluding hydrogens is 252 g/mol. The van der Waals surface area contributed by atoms with Crippen molar-refractivity contribution in [3.8, 4) is 0 Å². The van der Waals surface area contributed by atoms with E-state index in [9.17, 15) is 9.90 Å². The molecule has 0 unspecified atom stereocenters. The van der Waals surface area contributed by atoms with Crippen LogP contribution in [0.3, 0.4) is 0 Å². The van der Waals surface area contributed by atoms with E-state index in [-0.39, 0.29) is 12.1 Å². The van der Waals surface area contributed by atoms with Crippen molar-refractivity contribution in [2.24, 2.45) is 0 Å². The Kier molecular flexibility index (Phi) is 3.92. The Morgan fingerprint density at radius 2 is 1.85 bits per heavy atom. The van der Waals surface area contributed by atoms with Gasteiger partial charge in [-0.2, -0.15) is 0 Å². The lowest BCUT2D eigenvalue weighted by Crippen LogP contribution is -2.44. The monoisotopic (exact) mass is 274 g/mol. The molecule has 1 fully saturated rings. The molecule has 0 radical (unpaired) electrons. The number of hydrogen-bond acceptors (Lipinski definition) is 2. The summed E-state index contributed by atoms with van der Waals surface area (Å²) < 4.78 is 0. The summed E-state index contributed by atoms with van der Waals surface area (Å²) in [5.74, 6) is 0. The molecular formula is C16H22N2O2. The van der Waals surface area contributed by atoms with Gasteiger partial charge >= 0.3 is 6.03 Å². The van der Waals surface area contributed by atoms with Gasteiger partial charge in [0.05, 0.1) is 12.1 Å². The van der Waals surface area contributed by atoms with Crippen LogP contribution < -0.4 is 5.32 Å². The number of carbonyl (C=O) groups is 1. The van der Waals surface area contributed by atoms with E-state index in [0.29, 0.717) is 6.42 Å². The number of aliphatic hydroxyl groups excluding tert-OH is 1. The minimum Gasteiger partial charge on any atom is -0.390 e. The molecule has 1 aliphatic heterocycles. The number of nitrogens with one attached hydrogen (secondary N) is 1. The predicted molar refractivity (Wildman–Crippen MR) is 77.5 cm³/mol. The lowest BCUT2D eigenvalue weighted by atomic mass is 10.1. The molecule has 1 aromatic rings. The zero-order valence-electron chi connectivity index (χ0n) is 11.7. The van der Waals surface area contributed by atoms with Gasteiger partial charge in [-0.1, -0.05) is 37.1 Å². The van der Waals surface area contributed by atoms with Crippen LogP contribution in [0.25, 0.3) is 0 Å². The third kappa shape index (κ3) is 2.66. The summed E-state index contributed by atoms with van der Waals surface area (Å²) in [7, 11) is 0. The second-order valence-corrected chi connectivity index (χ2v) is 5.80. The van der Waals surface area contributed by atoms with Crippen LogP contribution in [0.4, 0.5) is 4.79 Å². The van der Waals surface area contributed by atoms with Gasteiger partial charge in [0.15, 0.2) is 0 Å². The third-order valence-corrected chi connectivity index (χ3v) is 4.38. The number of likely N-dealkylation sites (tertiary alicyclic amines) is 1. The highest BCUT2D eigenvalue weighted by Crippen LogP contribution is 2.31. The highest BCUT2D eigenvalue weighted by molar-refractivity contribution is 5.75. The van der Waals surface area contributed by atoms with Crippen molar-refractivity contribution in [2.75, 3.05) is 13.1 Å². The van der Waals surface area contributed by atoms with Gasteiger partial charge in [-0.3, -0.25) is 0 Å². The second-order valence-electron chi connectivity index (χ2n) is 5.80. The highest BCUT2D eigenvalue weighted by atomic mass is 16.3. The van der Waals surface area contributed by atoms with Crippen molar-refractivity contribution in [1.29, 1.82) is 0 Å². The number of hydrogen-bond donors (Lipinski definition) is 2. The van der Waals surface area contributed by atoms with Crippen molar-refractivity contribution in [2.45, 2.75) is 44.2 Å². The quantitative estimate of drug-likeness (QED) is 0.825. The molecule has 108 valence electrons. The van der Waals surface area contributed by atoms with E-state index in [2.05, 4.69) is 5.32 Å². The van der Waals surface area contributed by atoms with E-state index in [4.69, 9.17) is 0 Å². The lowest BCUT2D eigenvalue weighted by Gasteiger charge is -2.25. The Hall–Kier alpha value is -1.55. The predicted octanol–water partition coefficient (Wildman–Crippen LogP) is 2.23. The van der Waals surface area contributed by atoms with Crippen molar-refractivity contribution in [1.82, 2.24) is 10.2 Å². The van der Waals surface area contributed by atoms with Crippen molar-refractivity contribution in [3.05, 3.63) is 35.4 Å². The molecule has 0 bridgehead atoms. The summed E-state index contributed by atoms with van der Waals surface area (Å²) in [6.45, 7) is 1.66. The van der Waals surface area contributed by atoms with Gasteiger partial charge in [-0.25, -0.2) is 4.79 Å². The first-order valence-electron chi connectivity index (χ1n) is 7.57. The van der Waals surface area contributed by atoms with E-state index in [1.165, 1.54) is 12.8 Å². The normalized spacial score (nSPS) is 25.9. The molecule has 2 amide bonds. The van der Waals surface area contributed by atoms with Crippen LogP contribution in [0.15, 0.2) is 24.3 Å². The minimum atomic E-state index is -0.511. The Labute approximate surface area is 119 Å². The molecule has 1 aromatic carbocycles. The standard InChI is InChI=1S/C16H22N2O2/c19-14-11-12-7-3-4-8-13(12)15(14)17-16(20)18-9-5-1-2-6-10-18/h3-4,7-8,14-15,19H,1-2,5-6,9-11H2,(H,17,20)/t14-,15+/m0/s1. The number of nitrogens with zero attached hydrogens (tertiary/aromatic N) is 1. The van der Waals surface area contributed by atoms with E-state index in [0.717, 1.165) is 37.1 Å². The molecule has 1 heterocycles. The number of urea groups is 1. The van der Waals surface area contributed by atoms with Gasteiger partial charge in [0.25, 0.3) is 0 Å². The summed E-state index contributed by atoms with van der Waals surface area (Å²) in [5.41, 5.74) is 2.20. The van der Waals surface area contributed by atoms with Gasteiger partial charge in [0.2, 0.25) is 0 Å². The van der Waals surface area contributed by atoms with Crippen LogP contribution in [0.2, 0.25) is 0 Å². The van der Waals surface area contributed by atoms with Crippen LogP contribution in [0.1, 0.15) is 42.9 Å². The number of benzene rings is 1. The number of aliphatic hydroxyl groups is 1. The smallest absolute Gasteiger partial charge is 0.317 e. The average Bonchev–Trinajstić information content (AvgIpc) is 2.66. The number of rotatable bonds is 1. The molecule has 20 heavy (non-hydrogen) atoms. The van der Waals surface area contributed by atoms with Gasteiger partial charge in [-0.05, 0) is 24.0 Å². The summed E-state index contributed by atoms with van der Waals surface area (Å²) in [6.07, 6.45) is 4.69. The summed E-state index contributed by atoms with van der Waals surface area (Å²) in [5, 5.41) is 13.2. The molecule has 0 spiro atoms. The Bertz CT molecular complexity index is 481. The first-order chi connectivity index (χ1) is 9.75. The summed E-state index contributed by atoms with van der Waals surface area (Å²) in [6, 6.07) is 7.66. The third-order valence-electron chi connectivity index (χ3n) is 4.38. The maximum atomic E-state index is 12.4. The molecule has 1 aliphatic carbocycles. The van der Waals surface area contributed by atoms with Gasteiger partial charge in [-0.15, -0.1) is 0 Å². The molecule has 2 atom stereocenters. The first kappa shape index (κ1) is 13.4. The van der Waals surface area contributed by atoms with Gasteiger partial charge in [0.1, 0.15) is 0 Å². The van der Waals surface area contributed by atoms with Crippen LogP contribution in [-0.4, -0.2) is 35.2 Å². The SMILES string of the molecule is O=C(N[C@@H]1c2ccccc2C[C@@H]1O)N1CCCCCC1. The van der Waals surface area contributed by atoms with Crippen molar-refractivity contribution in [3.63, 3.8) is 0 Å². The summed E-state index contributed by atoms with van der Waals surface area (Å²) in [4.78, 5) is 14.3. The van der Waals surface area contributed by atoms with Crippen LogP contribution in [0, 0.1) is 0 Å². The van der Waals surface area contributed by atoms with E-state index >= 15 is 0 Å². The molecule has 3 rings (SSSR count). The molecule has 4 heteroatoms. The molecule has 4 nitrogen and oxygen atoms in total. The molecule has 2 aliphatic rings.